The summed E-state index contributed by atoms with van der Waals surface area (Å²) in [6, 6.07) is 0. The van der Waals surface area contributed by atoms with Crippen molar-refractivity contribution in [1.29, 1.82) is 0 Å². The summed E-state index contributed by atoms with van der Waals surface area (Å²) in [5.41, 5.74) is 1.19. The molecule has 94 valence electrons. The Labute approximate surface area is 109 Å². The summed E-state index contributed by atoms with van der Waals surface area (Å²) in [7, 11) is 0. The SMILES string of the molecule is CC(C)CCNCc1csc(C(C)C)n1.Cl. The fourth-order valence-electron chi connectivity index (χ4n) is 1.28. The van der Waals surface area contributed by atoms with Crippen LogP contribution in [0.1, 0.15) is 50.7 Å². The molecule has 0 aliphatic rings. The fourth-order valence-corrected chi connectivity index (χ4v) is 2.11. The number of halogens is 1. The van der Waals surface area contributed by atoms with Crippen LogP contribution in [0.3, 0.4) is 0 Å². The van der Waals surface area contributed by atoms with Crippen LogP contribution in [0.2, 0.25) is 0 Å². The minimum atomic E-state index is 0. The number of aromatic nitrogens is 1. The Morgan fingerprint density at radius 2 is 2.00 bits per heavy atom. The summed E-state index contributed by atoms with van der Waals surface area (Å²) in [4.78, 5) is 4.58. The third kappa shape index (κ3) is 5.83. The van der Waals surface area contributed by atoms with Gasteiger partial charge in [0.1, 0.15) is 0 Å². The van der Waals surface area contributed by atoms with Gasteiger partial charge in [-0.25, -0.2) is 4.98 Å². The Hall–Kier alpha value is -0.120. The molecule has 0 aromatic carbocycles. The van der Waals surface area contributed by atoms with Gasteiger partial charge in [-0.15, -0.1) is 23.7 Å². The minimum Gasteiger partial charge on any atom is -0.311 e. The van der Waals surface area contributed by atoms with Gasteiger partial charge in [0.2, 0.25) is 0 Å². The van der Waals surface area contributed by atoms with Crippen molar-refractivity contribution in [3.8, 4) is 0 Å². The number of thiazole rings is 1. The molecule has 1 rings (SSSR count). The van der Waals surface area contributed by atoms with Gasteiger partial charge < -0.3 is 5.32 Å². The molecular weight excluding hydrogens is 240 g/mol. The standard InChI is InChI=1S/C12H22N2S.ClH/c1-9(2)5-6-13-7-11-8-15-12(14-11)10(3)4;/h8-10,13H,5-7H2,1-4H3;1H. The van der Waals surface area contributed by atoms with Gasteiger partial charge in [-0.05, 0) is 18.9 Å². The first kappa shape index (κ1) is 15.9. The Morgan fingerprint density at radius 1 is 1.31 bits per heavy atom. The fraction of sp³-hybridized carbons (Fsp3) is 0.750. The van der Waals surface area contributed by atoms with Crippen molar-refractivity contribution < 1.29 is 0 Å². The molecule has 0 atom stereocenters. The Balaban J connectivity index is 0.00000225. The van der Waals surface area contributed by atoms with Crippen molar-refractivity contribution in [3.63, 3.8) is 0 Å². The van der Waals surface area contributed by atoms with Gasteiger partial charge in [-0.1, -0.05) is 27.7 Å². The van der Waals surface area contributed by atoms with Gasteiger partial charge in [0, 0.05) is 17.8 Å². The van der Waals surface area contributed by atoms with Crippen molar-refractivity contribution in [2.45, 2.75) is 46.6 Å². The smallest absolute Gasteiger partial charge is 0.0954 e. The molecule has 0 bridgehead atoms. The molecule has 0 saturated carbocycles. The molecule has 0 saturated heterocycles. The van der Waals surface area contributed by atoms with Crippen LogP contribution in [-0.4, -0.2) is 11.5 Å². The zero-order valence-corrected chi connectivity index (χ0v) is 12.3. The molecule has 0 radical (unpaired) electrons. The summed E-state index contributed by atoms with van der Waals surface area (Å²) in [6.07, 6.45) is 1.24. The lowest BCUT2D eigenvalue weighted by molar-refractivity contribution is 0.535. The second kappa shape index (κ2) is 8.04. The third-order valence-electron chi connectivity index (χ3n) is 2.27. The van der Waals surface area contributed by atoms with Gasteiger partial charge >= 0.3 is 0 Å². The number of hydrogen-bond acceptors (Lipinski definition) is 3. The monoisotopic (exact) mass is 262 g/mol. The summed E-state index contributed by atoms with van der Waals surface area (Å²) in [5, 5.41) is 6.84. The van der Waals surface area contributed by atoms with E-state index in [1.165, 1.54) is 17.1 Å². The van der Waals surface area contributed by atoms with Crippen molar-refractivity contribution >= 4 is 23.7 Å². The third-order valence-corrected chi connectivity index (χ3v) is 3.46. The second-order valence-electron chi connectivity index (χ2n) is 4.69. The molecular formula is C12H23ClN2S. The summed E-state index contributed by atoms with van der Waals surface area (Å²) < 4.78 is 0. The molecule has 2 nitrogen and oxygen atoms in total. The summed E-state index contributed by atoms with van der Waals surface area (Å²) in [5.74, 6) is 1.33. The minimum absolute atomic E-state index is 0. The highest BCUT2D eigenvalue weighted by molar-refractivity contribution is 7.09. The number of rotatable bonds is 6. The number of nitrogens with zero attached hydrogens (tertiary/aromatic N) is 1. The van der Waals surface area contributed by atoms with E-state index in [-0.39, 0.29) is 12.4 Å². The van der Waals surface area contributed by atoms with Crippen molar-refractivity contribution in [1.82, 2.24) is 10.3 Å². The molecule has 0 fully saturated rings. The topological polar surface area (TPSA) is 24.9 Å². The predicted molar refractivity (Wildman–Crippen MR) is 74.6 cm³/mol. The largest absolute Gasteiger partial charge is 0.311 e. The first-order valence-electron chi connectivity index (χ1n) is 5.74. The first-order valence-corrected chi connectivity index (χ1v) is 6.62. The maximum Gasteiger partial charge on any atom is 0.0954 e. The van der Waals surface area contributed by atoms with E-state index in [0.29, 0.717) is 5.92 Å². The maximum absolute atomic E-state index is 4.58. The molecule has 4 heteroatoms. The molecule has 0 unspecified atom stereocenters. The van der Waals surface area contributed by atoms with Crippen LogP contribution in [0.25, 0.3) is 0 Å². The average Bonchev–Trinajstić information content (AvgIpc) is 2.60. The van der Waals surface area contributed by atoms with E-state index < -0.39 is 0 Å². The molecule has 0 aliphatic carbocycles. The lowest BCUT2D eigenvalue weighted by atomic mass is 10.1. The lowest BCUT2D eigenvalue weighted by Gasteiger charge is -2.05. The van der Waals surface area contributed by atoms with Crippen LogP contribution >= 0.6 is 23.7 Å². The molecule has 16 heavy (non-hydrogen) atoms. The zero-order chi connectivity index (χ0) is 11.3. The molecule has 1 aromatic heterocycles. The first-order chi connectivity index (χ1) is 7.09. The summed E-state index contributed by atoms with van der Waals surface area (Å²) in [6.45, 7) is 10.9. The Bertz CT molecular complexity index is 284. The van der Waals surface area contributed by atoms with E-state index >= 15 is 0 Å². The Morgan fingerprint density at radius 3 is 2.50 bits per heavy atom. The van der Waals surface area contributed by atoms with Gasteiger partial charge in [0.15, 0.2) is 0 Å². The highest BCUT2D eigenvalue weighted by Crippen LogP contribution is 2.18. The van der Waals surface area contributed by atoms with E-state index in [9.17, 15) is 0 Å². The van der Waals surface area contributed by atoms with Crippen LogP contribution in [0.5, 0.6) is 0 Å². The highest BCUT2D eigenvalue weighted by atomic mass is 35.5. The normalized spacial score (nSPS) is 10.9. The summed E-state index contributed by atoms with van der Waals surface area (Å²) >= 11 is 1.77. The number of nitrogens with one attached hydrogen (secondary N) is 1. The van der Waals surface area contributed by atoms with Crippen molar-refractivity contribution in [3.05, 3.63) is 16.1 Å². The van der Waals surface area contributed by atoms with Crippen LogP contribution in [0.15, 0.2) is 5.38 Å². The van der Waals surface area contributed by atoms with Crippen LogP contribution in [0.4, 0.5) is 0 Å². The van der Waals surface area contributed by atoms with Gasteiger partial charge in [0.05, 0.1) is 10.7 Å². The van der Waals surface area contributed by atoms with E-state index in [1.807, 2.05) is 0 Å². The van der Waals surface area contributed by atoms with Crippen molar-refractivity contribution in [2.24, 2.45) is 5.92 Å². The predicted octanol–water partition coefficient (Wildman–Crippen LogP) is 3.82. The van der Waals surface area contributed by atoms with E-state index in [4.69, 9.17) is 0 Å². The van der Waals surface area contributed by atoms with E-state index in [2.05, 4.69) is 43.4 Å². The maximum atomic E-state index is 4.58. The van der Waals surface area contributed by atoms with E-state index in [1.54, 1.807) is 11.3 Å². The zero-order valence-electron chi connectivity index (χ0n) is 10.6. The molecule has 0 spiro atoms. The molecule has 1 aromatic rings. The van der Waals surface area contributed by atoms with Crippen LogP contribution in [-0.2, 0) is 6.54 Å². The average molecular weight is 263 g/mol. The van der Waals surface area contributed by atoms with Crippen molar-refractivity contribution in [2.75, 3.05) is 6.54 Å². The molecule has 1 N–H and O–H groups in total. The van der Waals surface area contributed by atoms with Gasteiger partial charge in [-0.3, -0.25) is 0 Å². The van der Waals surface area contributed by atoms with Gasteiger partial charge in [-0.2, -0.15) is 0 Å². The van der Waals surface area contributed by atoms with Gasteiger partial charge in [0.25, 0.3) is 0 Å². The molecule has 1 heterocycles. The highest BCUT2D eigenvalue weighted by Gasteiger charge is 2.05. The van der Waals surface area contributed by atoms with Crippen LogP contribution < -0.4 is 5.32 Å². The quantitative estimate of drug-likeness (QED) is 0.789. The Kier molecular flexibility index (Phi) is 7.98. The number of hydrogen-bond donors (Lipinski definition) is 1. The molecule has 0 aliphatic heterocycles. The van der Waals surface area contributed by atoms with Crippen LogP contribution in [0, 0.1) is 5.92 Å². The lowest BCUT2D eigenvalue weighted by Crippen LogP contribution is -2.16. The van der Waals surface area contributed by atoms with E-state index in [0.717, 1.165) is 19.0 Å². The molecule has 0 amide bonds. The second-order valence-corrected chi connectivity index (χ2v) is 5.58.